The van der Waals surface area contributed by atoms with Gasteiger partial charge in [-0.3, -0.25) is 4.79 Å². The first-order valence-electron chi connectivity index (χ1n) is 11.5. The Bertz CT molecular complexity index is 1060. The van der Waals surface area contributed by atoms with Crippen LogP contribution >= 0.6 is 0 Å². The smallest absolute Gasteiger partial charge is 0.303 e. The summed E-state index contributed by atoms with van der Waals surface area (Å²) in [6.45, 7) is 5.13. The number of aliphatic carboxylic acids is 1. The lowest BCUT2D eigenvalue weighted by molar-refractivity contribution is -0.137. The molecule has 0 saturated heterocycles. The monoisotopic (exact) mass is 464 g/mol. The second kappa shape index (κ2) is 12.5. The van der Waals surface area contributed by atoms with Crippen molar-refractivity contribution < 1.29 is 24.3 Å². The second-order valence-corrected chi connectivity index (χ2v) is 8.36. The van der Waals surface area contributed by atoms with Crippen molar-refractivity contribution in [3.63, 3.8) is 0 Å². The quantitative estimate of drug-likeness (QED) is 0.112. The predicted octanol–water partition coefficient (Wildman–Crippen LogP) is 6.02. The van der Waals surface area contributed by atoms with Gasteiger partial charge >= 0.3 is 5.97 Å². The topological polar surface area (TPSA) is 95.5 Å². The molecule has 1 heterocycles. The minimum Gasteiger partial charge on any atom is -0.493 e. The molecule has 0 fully saturated rings. The van der Waals surface area contributed by atoms with E-state index in [4.69, 9.17) is 14.3 Å². The molecule has 0 bridgehead atoms. The van der Waals surface area contributed by atoms with Crippen molar-refractivity contribution in [2.45, 2.75) is 52.1 Å². The molecule has 7 nitrogen and oxygen atoms in total. The van der Waals surface area contributed by atoms with Crippen molar-refractivity contribution >= 4 is 11.8 Å². The van der Waals surface area contributed by atoms with Gasteiger partial charge in [-0.25, -0.2) is 0 Å². The first-order valence-corrected chi connectivity index (χ1v) is 11.5. The van der Waals surface area contributed by atoms with Crippen molar-refractivity contribution in [2.24, 2.45) is 5.16 Å². The van der Waals surface area contributed by atoms with Crippen LogP contribution in [0.15, 0.2) is 76.5 Å². The first kappa shape index (κ1) is 24.9. The fourth-order valence-electron chi connectivity index (χ4n) is 3.71. The highest BCUT2D eigenvalue weighted by molar-refractivity contribution is 5.98. The number of amidine groups is 1. The van der Waals surface area contributed by atoms with Crippen LogP contribution in [0.5, 0.6) is 5.75 Å². The Morgan fingerprint density at radius 3 is 2.44 bits per heavy atom. The molecule has 0 aliphatic heterocycles. The number of para-hydroxylation sites is 1. The lowest BCUT2D eigenvalue weighted by Crippen LogP contribution is -2.37. The standard InChI is InChI=1S/C27H32N2O5/c1-20(2)29(27(28-32)22-15-13-21(14-16-22)24-11-8-18-34-24)19-23-9-5-6-10-25(23)33-17-7-3-4-12-26(30)31/h5-6,8-11,13-16,18,20,32H,3-4,7,12,17,19H2,1-2H3,(H,30,31). The Morgan fingerprint density at radius 2 is 1.79 bits per heavy atom. The number of furan rings is 1. The number of rotatable bonds is 12. The molecule has 0 aliphatic rings. The minimum atomic E-state index is -0.767. The average Bonchev–Trinajstić information content (AvgIpc) is 3.37. The number of oxime groups is 1. The molecule has 2 N–H and O–H groups in total. The summed E-state index contributed by atoms with van der Waals surface area (Å²) in [7, 11) is 0. The van der Waals surface area contributed by atoms with Crippen LogP contribution in [0.4, 0.5) is 0 Å². The van der Waals surface area contributed by atoms with Gasteiger partial charge in [-0.15, -0.1) is 0 Å². The summed E-state index contributed by atoms with van der Waals surface area (Å²) < 4.78 is 11.5. The molecule has 0 unspecified atom stereocenters. The van der Waals surface area contributed by atoms with Gasteiger partial charge in [0.05, 0.1) is 12.9 Å². The number of hydrogen-bond acceptors (Lipinski definition) is 5. The molecule has 34 heavy (non-hydrogen) atoms. The van der Waals surface area contributed by atoms with Gasteiger partial charge in [0.1, 0.15) is 11.5 Å². The highest BCUT2D eigenvalue weighted by atomic mass is 16.5. The number of carboxylic acids is 1. The second-order valence-electron chi connectivity index (χ2n) is 8.36. The van der Waals surface area contributed by atoms with Gasteiger partial charge in [0.15, 0.2) is 5.84 Å². The summed E-state index contributed by atoms with van der Waals surface area (Å²) >= 11 is 0. The third-order valence-corrected chi connectivity index (χ3v) is 5.54. The zero-order chi connectivity index (χ0) is 24.3. The lowest BCUT2D eigenvalue weighted by Gasteiger charge is -2.30. The van der Waals surface area contributed by atoms with E-state index in [1.165, 1.54) is 0 Å². The highest BCUT2D eigenvalue weighted by Crippen LogP contribution is 2.25. The number of unbranched alkanes of at least 4 members (excludes halogenated alkanes) is 2. The van der Waals surface area contributed by atoms with Gasteiger partial charge in [0.25, 0.3) is 0 Å². The fourth-order valence-corrected chi connectivity index (χ4v) is 3.71. The van der Waals surface area contributed by atoms with Crippen LogP contribution in [0.2, 0.25) is 0 Å². The van der Waals surface area contributed by atoms with Gasteiger partial charge in [-0.1, -0.05) is 47.6 Å². The third-order valence-electron chi connectivity index (χ3n) is 5.54. The maximum absolute atomic E-state index is 10.6. The van der Waals surface area contributed by atoms with E-state index < -0.39 is 5.97 Å². The van der Waals surface area contributed by atoms with Crippen molar-refractivity contribution in [3.05, 3.63) is 78.1 Å². The van der Waals surface area contributed by atoms with E-state index in [9.17, 15) is 10.0 Å². The molecule has 7 heteroatoms. The van der Waals surface area contributed by atoms with E-state index >= 15 is 0 Å². The molecule has 1 aromatic heterocycles. The Kier molecular flexibility index (Phi) is 9.14. The highest BCUT2D eigenvalue weighted by Gasteiger charge is 2.20. The van der Waals surface area contributed by atoms with Gasteiger partial charge < -0.3 is 24.4 Å². The summed E-state index contributed by atoms with van der Waals surface area (Å²) in [6, 6.07) is 19.4. The Balaban J connectivity index is 1.70. The summed E-state index contributed by atoms with van der Waals surface area (Å²) in [5, 5.41) is 22.3. The maximum atomic E-state index is 10.6. The number of nitrogens with zero attached hydrogens (tertiary/aromatic N) is 2. The summed E-state index contributed by atoms with van der Waals surface area (Å²) in [6.07, 6.45) is 4.07. The fraction of sp³-hybridized carbons (Fsp3) is 0.333. The molecule has 2 aromatic carbocycles. The van der Waals surface area contributed by atoms with E-state index in [0.717, 1.165) is 41.0 Å². The van der Waals surface area contributed by atoms with Crippen LogP contribution < -0.4 is 4.74 Å². The van der Waals surface area contributed by atoms with Crippen LogP contribution in [0.1, 0.15) is 50.7 Å². The van der Waals surface area contributed by atoms with Gasteiger partial charge in [0, 0.05) is 35.7 Å². The van der Waals surface area contributed by atoms with Crippen LogP contribution in [0.3, 0.4) is 0 Å². The molecule has 0 radical (unpaired) electrons. The number of hydrogen-bond donors (Lipinski definition) is 2. The normalized spacial score (nSPS) is 11.6. The molecule has 0 atom stereocenters. The molecule has 0 amide bonds. The molecule has 3 rings (SSSR count). The summed E-state index contributed by atoms with van der Waals surface area (Å²) in [4.78, 5) is 12.7. The molecule has 180 valence electrons. The van der Waals surface area contributed by atoms with Crippen LogP contribution in [0.25, 0.3) is 11.3 Å². The number of carboxylic acid groups (broad SMARTS) is 1. The van der Waals surface area contributed by atoms with E-state index in [0.29, 0.717) is 25.4 Å². The molecular formula is C27H32N2O5. The van der Waals surface area contributed by atoms with Gasteiger partial charge in [-0.2, -0.15) is 0 Å². The van der Waals surface area contributed by atoms with Crippen LogP contribution in [0, 0.1) is 0 Å². The average molecular weight is 465 g/mol. The molecule has 0 aliphatic carbocycles. The van der Waals surface area contributed by atoms with Crippen molar-refractivity contribution in [3.8, 4) is 17.1 Å². The van der Waals surface area contributed by atoms with E-state index in [-0.39, 0.29) is 12.5 Å². The molecule has 0 spiro atoms. The number of ether oxygens (including phenoxy) is 1. The van der Waals surface area contributed by atoms with Crippen molar-refractivity contribution in [1.29, 1.82) is 0 Å². The molecule has 3 aromatic rings. The maximum Gasteiger partial charge on any atom is 0.303 e. The first-order chi connectivity index (χ1) is 16.5. The summed E-state index contributed by atoms with van der Waals surface area (Å²) in [5.74, 6) is 1.27. The largest absolute Gasteiger partial charge is 0.493 e. The SMILES string of the molecule is CC(C)N(Cc1ccccc1OCCCCCC(=O)O)C(=NO)c1ccc(-c2ccco2)cc1. The van der Waals surface area contributed by atoms with E-state index in [1.54, 1.807) is 6.26 Å². The van der Waals surface area contributed by atoms with Crippen molar-refractivity contribution in [1.82, 2.24) is 4.90 Å². The third kappa shape index (κ3) is 6.88. The Labute approximate surface area is 200 Å². The number of benzene rings is 2. The zero-order valence-corrected chi connectivity index (χ0v) is 19.7. The minimum absolute atomic E-state index is 0.0692. The van der Waals surface area contributed by atoms with Gasteiger partial charge in [0.2, 0.25) is 0 Å². The van der Waals surface area contributed by atoms with Gasteiger partial charge in [-0.05, 0) is 51.3 Å². The number of carbonyl (C=O) groups is 1. The zero-order valence-electron chi connectivity index (χ0n) is 19.7. The van der Waals surface area contributed by atoms with Crippen molar-refractivity contribution in [2.75, 3.05) is 6.61 Å². The van der Waals surface area contributed by atoms with E-state index in [2.05, 4.69) is 5.16 Å². The lowest BCUT2D eigenvalue weighted by atomic mass is 10.1. The van der Waals surface area contributed by atoms with E-state index in [1.807, 2.05) is 79.4 Å². The Hall–Kier alpha value is -3.74. The molecule has 0 saturated carbocycles. The summed E-state index contributed by atoms with van der Waals surface area (Å²) in [5.41, 5.74) is 2.72. The van der Waals surface area contributed by atoms with Crippen LogP contribution in [-0.4, -0.2) is 39.7 Å². The van der Waals surface area contributed by atoms with Crippen LogP contribution in [-0.2, 0) is 11.3 Å². The Morgan fingerprint density at radius 1 is 1.03 bits per heavy atom. The molecular weight excluding hydrogens is 432 g/mol. The predicted molar refractivity (Wildman–Crippen MR) is 131 cm³/mol.